The summed E-state index contributed by atoms with van der Waals surface area (Å²) in [6, 6.07) is 23.0. The topological polar surface area (TPSA) is 0 Å². The Morgan fingerprint density at radius 2 is 0.697 bits per heavy atom. The van der Waals surface area contributed by atoms with E-state index in [1.54, 1.807) is 0 Å². The molecule has 4 aromatic rings. The smallest absolute Gasteiger partial charge is 0.234 e. The number of rotatable bonds is 0. The zero-order chi connectivity index (χ0) is 24.3. The van der Waals surface area contributed by atoms with Gasteiger partial charge >= 0.3 is 21.7 Å². The summed E-state index contributed by atoms with van der Waals surface area (Å²) in [5.74, 6) is -7.75. The maximum Gasteiger partial charge on any atom is 4.00 e. The molecule has 0 bridgehead atoms. The van der Waals surface area contributed by atoms with Gasteiger partial charge in [0, 0.05) is 43.4 Å². The van der Waals surface area contributed by atoms with E-state index < -0.39 is 55.0 Å². The molecular weight excluding hydrogens is 568 g/mol. The van der Waals surface area contributed by atoms with Gasteiger partial charge in [0.15, 0.2) is 0 Å². The van der Waals surface area contributed by atoms with Crippen molar-refractivity contribution in [1.29, 1.82) is 0 Å². The Kier molecular flexibility index (Phi) is 15.6. The first-order valence-corrected chi connectivity index (χ1v) is 9.74. The molecule has 0 spiro atoms. The molecule has 0 unspecified atom stereocenters. The number of benzene rings is 2. The van der Waals surface area contributed by atoms with Crippen molar-refractivity contribution in [2.24, 2.45) is 0 Å². The first-order chi connectivity index (χ1) is 15.1. The van der Waals surface area contributed by atoms with Gasteiger partial charge in [0.25, 0.3) is 0 Å². The van der Waals surface area contributed by atoms with Crippen molar-refractivity contribution in [3.8, 4) is 0 Å². The average Bonchev–Trinajstić information content (AvgIpc) is 3.53. The average molecular weight is 578 g/mol. The van der Waals surface area contributed by atoms with Crippen LogP contribution in [0.2, 0.25) is 20.1 Å². The number of hydrogen-bond donors (Lipinski definition) is 0. The molecule has 0 aliphatic rings. The summed E-state index contributed by atoms with van der Waals surface area (Å²) < 4.78 is 74.2. The fourth-order valence-electron chi connectivity index (χ4n) is 1.63. The molecule has 0 aliphatic heterocycles. The molecule has 0 N–H and O–H groups in total. The largest absolute Gasteiger partial charge is 4.00 e. The van der Waals surface area contributed by atoms with Crippen LogP contribution in [0.1, 0.15) is 0 Å². The monoisotopic (exact) mass is 576 g/mol. The molecule has 4 rings (SSSR count). The minimum Gasteiger partial charge on any atom is -0.234 e. The summed E-state index contributed by atoms with van der Waals surface area (Å²) in [4.78, 5) is 0. The fraction of sp³-hybridized carbons (Fsp3) is 0. The maximum absolute atomic E-state index is 12.5. The van der Waals surface area contributed by atoms with Crippen LogP contribution < -0.4 is 0 Å². The molecule has 33 heavy (non-hydrogen) atoms. The Morgan fingerprint density at radius 1 is 0.485 bits per heavy atom. The minimum atomic E-state index is -1.30. The summed E-state index contributed by atoms with van der Waals surface area (Å²) in [7, 11) is 0. The predicted octanol–water partition coefficient (Wildman–Crippen LogP) is 9.23. The minimum absolute atomic E-state index is 0. The van der Waals surface area contributed by atoms with Gasteiger partial charge in [-0.1, -0.05) is 0 Å². The van der Waals surface area contributed by atoms with Gasteiger partial charge < -0.3 is 0 Å². The van der Waals surface area contributed by atoms with E-state index in [1.807, 2.05) is 60.7 Å². The van der Waals surface area contributed by atoms with Gasteiger partial charge in [0.05, 0.1) is 11.6 Å². The summed E-state index contributed by atoms with van der Waals surface area (Å²) in [6.07, 6.45) is 0. The third-order valence-corrected chi connectivity index (χ3v) is 4.42. The molecule has 0 heterocycles. The van der Waals surface area contributed by atoms with Crippen molar-refractivity contribution in [2.75, 3.05) is 0 Å². The van der Waals surface area contributed by atoms with Crippen molar-refractivity contribution in [1.82, 2.24) is 0 Å². The number of halogens is 10. The Bertz CT molecular complexity index is 913. The van der Waals surface area contributed by atoms with E-state index in [9.17, 15) is 26.3 Å². The molecule has 0 fully saturated rings. The molecule has 0 saturated heterocycles. The Labute approximate surface area is 221 Å². The van der Waals surface area contributed by atoms with E-state index >= 15 is 0 Å². The van der Waals surface area contributed by atoms with Gasteiger partial charge in [-0.25, -0.2) is 50.6 Å². The molecular formula is C22H10Cl4F6Ti. The van der Waals surface area contributed by atoms with Gasteiger partial charge in [-0.05, 0) is 0 Å². The second-order valence-corrected chi connectivity index (χ2v) is 6.83. The number of hydrogen-bond acceptors (Lipinski definition) is 0. The van der Waals surface area contributed by atoms with Gasteiger partial charge in [-0.3, -0.25) is 0 Å². The summed E-state index contributed by atoms with van der Waals surface area (Å²) in [5, 5.41) is -3.40. The maximum atomic E-state index is 12.5. The molecule has 11 heteroatoms. The third-order valence-electron chi connectivity index (χ3n) is 3.09. The Balaban J connectivity index is 0.000000434. The molecule has 0 saturated carbocycles. The van der Waals surface area contributed by atoms with Crippen molar-refractivity contribution in [2.45, 2.75) is 0 Å². The summed E-state index contributed by atoms with van der Waals surface area (Å²) in [5.41, 5.74) is 0. The quantitative estimate of drug-likeness (QED) is 0.0642. The van der Waals surface area contributed by atoms with E-state index in [4.69, 9.17) is 46.4 Å². The van der Waals surface area contributed by atoms with E-state index in [0.29, 0.717) is 0 Å². The Morgan fingerprint density at radius 3 is 0.848 bits per heavy atom. The van der Waals surface area contributed by atoms with E-state index in [0.717, 1.165) is 0 Å². The van der Waals surface area contributed by atoms with Crippen LogP contribution in [0, 0.1) is 47.0 Å². The molecule has 0 nitrogen and oxygen atoms in total. The summed E-state index contributed by atoms with van der Waals surface area (Å²) in [6.45, 7) is 0. The van der Waals surface area contributed by atoms with Gasteiger partial charge in [0.1, 0.15) is 0 Å². The molecule has 0 atom stereocenters. The van der Waals surface area contributed by atoms with Crippen LogP contribution in [0.25, 0.3) is 0 Å². The Hall–Kier alpha value is -1.41. The molecule has 0 aliphatic carbocycles. The molecule has 172 valence electrons. The van der Waals surface area contributed by atoms with E-state index in [2.05, 4.69) is 0 Å². The molecule has 0 amide bonds. The van der Waals surface area contributed by atoms with Crippen LogP contribution in [-0.2, 0) is 21.7 Å². The van der Waals surface area contributed by atoms with Crippen molar-refractivity contribution >= 4 is 46.4 Å². The van der Waals surface area contributed by atoms with Crippen LogP contribution in [-0.4, -0.2) is 0 Å². The van der Waals surface area contributed by atoms with Crippen LogP contribution in [0.3, 0.4) is 0 Å². The molecule has 0 aromatic heterocycles. The second-order valence-electron chi connectivity index (χ2n) is 5.31. The van der Waals surface area contributed by atoms with Crippen LogP contribution in [0.15, 0.2) is 60.7 Å². The fourth-order valence-corrected chi connectivity index (χ4v) is 2.30. The molecule has 0 radical (unpaired) electrons. The first-order valence-electron chi connectivity index (χ1n) is 8.22. The predicted molar refractivity (Wildman–Crippen MR) is 114 cm³/mol. The summed E-state index contributed by atoms with van der Waals surface area (Å²) >= 11 is 20.1. The zero-order valence-corrected chi connectivity index (χ0v) is 20.6. The third kappa shape index (κ3) is 10.6. The van der Waals surface area contributed by atoms with Crippen LogP contribution in [0.4, 0.5) is 26.3 Å². The zero-order valence-electron chi connectivity index (χ0n) is 16.1. The van der Waals surface area contributed by atoms with Crippen LogP contribution in [0.5, 0.6) is 0 Å². The van der Waals surface area contributed by atoms with Gasteiger partial charge in [0.2, 0.25) is 0 Å². The van der Waals surface area contributed by atoms with Crippen molar-refractivity contribution in [3.05, 3.63) is 128 Å². The SMILES string of the molecule is Fc1[c-]c(F)c(Cl)c(F)c1Cl.Fc1[c-]c(F)c(Cl)c(F)c1Cl.[Ti+4].c1cc[cH-]c1.c1cc[cH-]c1. The van der Waals surface area contributed by atoms with Crippen molar-refractivity contribution < 1.29 is 48.1 Å². The van der Waals surface area contributed by atoms with Gasteiger partial charge in [-0.15, -0.1) is 12.1 Å². The standard InChI is InChI=1S/2C6Cl2F3.2C5H5.Ti/c2*7-4-2(9)1-3(10)5(8)6(4)11;2*1-2-4-5-3-1;/h;;2*1-5H;/q4*-1;+4. The first kappa shape index (κ1) is 31.6. The van der Waals surface area contributed by atoms with E-state index in [1.165, 1.54) is 12.1 Å². The van der Waals surface area contributed by atoms with Crippen molar-refractivity contribution in [3.63, 3.8) is 0 Å². The van der Waals surface area contributed by atoms with Crippen LogP contribution >= 0.6 is 46.4 Å². The second kappa shape index (κ2) is 16.3. The van der Waals surface area contributed by atoms with E-state index in [-0.39, 0.29) is 21.7 Å². The molecule has 4 aromatic carbocycles. The normalized spacial score (nSPS) is 9.27. The van der Waals surface area contributed by atoms with Gasteiger partial charge in [-0.2, -0.15) is 82.8 Å².